The molecule has 3 N–H and O–H groups in total. The third kappa shape index (κ3) is 5.51. The topological polar surface area (TPSA) is 118 Å². The molecule has 0 spiro atoms. The van der Waals surface area contributed by atoms with Crippen LogP contribution in [-0.2, 0) is 23.1 Å². The number of anilines is 2. The Morgan fingerprint density at radius 3 is 2.50 bits per heavy atom. The number of phenols is 1. The van der Waals surface area contributed by atoms with Crippen molar-refractivity contribution in [3.05, 3.63) is 54.4 Å². The van der Waals surface area contributed by atoms with Crippen LogP contribution in [0.2, 0.25) is 0 Å². The lowest BCUT2D eigenvalue weighted by Gasteiger charge is -2.07. The van der Waals surface area contributed by atoms with E-state index in [0.717, 1.165) is 0 Å². The summed E-state index contributed by atoms with van der Waals surface area (Å²) < 4.78 is 6.76. The van der Waals surface area contributed by atoms with Crippen LogP contribution in [0, 0.1) is 0 Å². The second-order valence-corrected chi connectivity index (χ2v) is 7.21. The van der Waals surface area contributed by atoms with Crippen molar-refractivity contribution in [3.63, 3.8) is 0 Å². The molecular weight excluding hydrogens is 406 g/mol. The van der Waals surface area contributed by atoms with Crippen LogP contribution in [0.25, 0.3) is 0 Å². The second kappa shape index (κ2) is 9.79. The number of hydrogen-bond donors (Lipinski definition) is 3. The molecule has 156 valence electrons. The summed E-state index contributed by atoms with van der Waals surface area (Å²) in [6, 6.07) is 13.5. The minimum atomic E-state index is -0.289. The first kappa shape index (κ1) is 21.2. The molecule has 0 saturated carbocycles. The van der Waals surface area contributed by atoms with Gasteiger partial charge in [-0.3, -0.25) is 9.59 Å². The number of benzene rings is 2. The van der Waals surface area contributed by atoms with Crippen molar-refractivity contribution >= 4 is 35.0 Å². The molecule has 2 aromatic carbocycles. The minimum absolute atomic E-state index is 0.000308. The van der Waals surface area contributed by atoms with Crippen LogP contribution in [0.1, 0.15) is 5.82 Å². The summed E-state index contributed by atoms with van der Waals surface area (Å²) >= 11 is 1.19. The number of carbonyl (C=O) groups excluding carboxylic acids is 2. The Morgan fingerprint density at radius 2 is 1.80 bits per heavy atom. The van der Waals surface area contributed by atoms with Crippen LogP contribution in [0.4, 0.5) is 11.4 Å². The molecule has 3 rings (SSSR count). The van der Waals surface area contributed by atoms with Crippen molar-refractivity contribution in [1.29, 1.82) is 0 Å². The van der Waals surface area contributed by atoms with Gasteiger partial charge in [-0.15, -0.1) is 10.2 Å². The van der Waals surface area contributed by atoms with Crippen molar-refractivity contribution in [2.45, 2.75) is 11.6 Å². The van der Waals surface area contributed by atoms with Crippen molar-refractivity contribution in [1.82, 2.24) is 14.8 Å². The van der Waals surface area contributed by atoms with E-state index < -0.39 is 0 Å². The van der Waals surface area contributed by atoms with Crippen LogP contribution in [0.5, 0.6) is 11.5 Å². The predicted octanol–water partition coefficient (Wildman–Crippen LogP) is 2.44. The SMILES string of the molecule is COc1ccc(NC(=O)Cc2nnc(SCC(=O)Nc3ccccc3O)n2C)cc1. The number of aromatic hydroxyl groups is 1. The summed E-state index contributed by atoms with van der Waals surface area (Å²) in [6.45, 7) is 0. The first-order chi connectivity index (χ1) is 14.5. The number of methoxy groups -OCH3 is 1. The smallest absolute Gasteiger partial charge is 0.234 e. The van der Waals surface area contributed by atoms with Crippen molar-refractivity contribution in [2.24, 2.45) is 7.05 Å². The number of nitrogens with zero attached hydrogens (tertiary/aromatic N) is 3. The lowest BCUT2D eigenvalue weighted by Crippen LogP contribution is -2.17. The average molecular weight is 427 g/mol. The zero-order chi connectivity index (χ0) is 21.5. The van der Waals surface area contributed by atoms with Crippen LogP contribution in [0.3, 0.4) is 0 Å². The molecule has 0 radical (unpaired) electrons. The third-order valence-corrected chi connectivity index (χ3v) is 5.15. The van der Waals surface area contributed by atoms with Gasteiger partial charge in [0.1, 0.15) is 17.3 Å². The van der Waals surface area contributed by atoms with Gasteiger partial charge in [0, 0.05) is 12.7 Å². The molecule has 0 saturated heterocycles. The number of phenolic OH excluding ortho intramolecular Hbond substituents is 1. The summed E-state index contributed by atoms with van der Waals surface area (Å²) in [5, 5.41) is 23.7. The molecule has 2 amide bonds. The highest BCUT2D eigenvalue weighted by Crippen LogP contribution is 2.23. The van der Waals surface area contributed by atoms with Gasteiger partial charge in [0.05, 0.1) is 25.0 Å². The van der Waals surface area contributed by atoms with Crippen LogP contribution < -0.4 is 15.4 Å². The highest BCUT2D eigenvalue weighted by Gasteiger charge is 2.15. The van der Waals surface area contributed by atoms with Gasteiger partial charge >= 0.3 is 0 Å². The Morgan fingerprint density at radius 1 is 1.07 bits per heavy atom. The maximum atomic E-state index is 12.3. The van der Waals surface area contributed by atoms with Crippen LogP contribution >= 0.6 is 11.8 Å². The molecule has 0 fully saturated rings. The Labute approximate surface area is 177 Å². The van der Waals surface area contributed by atoms with E-state index in [2.05, 4.69) is 20.8 Å². The van der Waals surface area contributed by atoms with E-state index in [1.54, 1.807) is 61.2 Å². The molecule has 0 atom stereocenters. The quantitative estimate of drug-likeness (QED) is 0.373. The normalized spacial score (nSPS) is 10.5. The Kier molecular flexibility index (Phi) is 6.91. The van der Waals surface area contributed by atoms with Gasteiger partial charge in [-0.2, -0.15) is 0 Å². The number of hydrogen-bond acceptors (Lipinski definition) is 7. The standard InChI is InChI=1S/C20H21N5O4S/c1-25-17(11-18(27)21-13-7-9-14(29-2)10-8-13)23-24-20(25)30-12-19(28)22-15-5-3-4-6-16(15)26/h3-10,26H,11-12H2,1-2H3,(H,21,27)(H,22,28). The Hall–Kier alpha value is -3.53. The summed E-state index contributed by atoms with van der Waals surface area (Å²) in [5.41, 5.74) is 0.996. The Bertz CT molecular complexity index is 1040. The van der Waals surface area contributed by atoms with E-state index in [9.17, 15) is 14.7 Å². The number of nitrogens with one attached hydrogen (secondary N) is 2. The summed E-state index contributed by atoms with van der Waals surface area (Å²) in [7, 11) is 3.31. The van der Waals surface area contributed by atoms with Crippen LogP contribution in [-0.4, -0.2) is 44.5 Å². The number of ether oxygens (including phenoxy) is 1. The van der Waals surface area contributed by atoms with Crippen LogP contribution in [0.15, 0.2) is 53.7 Å². The van der Waals surface area contributed by atoms with E-state index in [-0.39, 0.29) is 29.7 Å². The van der Waals surface area contributed by atoms with E-state index in [1.807, 2.05) is 0 Å². The second-order valence-electron chi connectivity index (χ2n) is 6.27. The molecule has 30 heavy (non-hydrogen) atoms. The molecule has 1 heterocycles. The zero-order valence-electron chi connectivity index (χ0n) is 16.5. The largest absolute Gasteiger partial charge is 0.506 e. The lowest BCUT2D eigenvalue weighted by molar-refractivity contribution is -0.116. The monoisotopic (exact) mass is 427 g/mol. The third-order valence-electron chi connectivity index (χ3n) is 4.13. The van der Waals surface area contributed by atoms with E-state index in [1.165, 1.54) is 17.8 Å². The predicted molar refractivity (Wildman–Crippen MR) is 114 cm³/mol. The molecule has 0 bridgehead atoms. The van der Waals surface area contributed by atoms with Crippen molar-refractivity contribution in [2.75, 3.05) is 23.5 Å². The number of para-hydroxylation sites is 2. The number of thioether (sulfide) groups is 1. The number of rotatable bonds is 8. The molecule has 3 aromatic rings. The molecule has 9 nitrogen and oxygen atoms in total. The fourth-order valence-electron chi connectivity index (χ4n) is 2.54. The first-order valence-electron chi connectivity index (χ1n) is 8.99. The first-order valence-corrected chi connectivity index (χ1v) is 9.97. The zero-order valence-corrected chi connectivity index (χ0v) is 17.3. The molecule has 0 aliphatic carbocycles. The van der Waals surface area contributed by atoms with Gasteiger partial charge in [-0.1, -0.05) is 23.9 Å². The van der Waals surface area contributed by atoms with E-state index in [4.69, 9.17) is 4.74 Å². The lowest BCUT2D eigenvalue weighted by atomic mass is 10.3. The summed E-state index contributed by atoms with van der Waals surface area (Å²) in [4.78, 5) is 24.4. The maximum absolute atomic E-state index is 12.3. The highest BCUT2D eigenvalue weighted by molar-refractivity contribution is 7.99. The molecule has 0 aliphatic rings. The van der Waals surface area contributed by atoms with Gasteiger partial charge in [-0.25, -0.2) is 0 Å². The summed E-state index contributed by atoms with van der Waals surface area (Å²) in [5.74, 6) is 0.741. The maximum Gasteiger partial charge on any atom is 0.234 e. The van der Waals surface area contributed by atoms with E-state index in [0.29, 0.717) is 28.1 Å². The Balaban J connectivity index is 1.52. The van der Waals surface area contributed by atoms with Crippen molar-refractivity contribution in [3.8, 4) is 11.5 Å². The molecule has 0 aliphatic heterocycles. The molecule has 10 heteroatoms. The van der Waals surface area contributed by atoms with E-state index >= 15 is 0 Å². The minimum Gasteiger partial charge on any atom is -0.506 e. The van der Waals surface area contributed by atoms with Crippen molar-refractivity contribution < 1.29 is 19.4 Å². The molecule has 0 unspecified atom stereocenters. The highest BCUT2D eigenvalue weighted by atomic mass is 32.2. The number of carbonyl (C=O) groups is 2. The van der Waals surface area contributed by atoms with Gasteiger partial charge in [0.25, 0.3) is 0 Å². The fourth-order valence-corrected chi connectivity index (χ4v) is 3.27. The molecule has 1 aromatic heterocycles. The van der Waals surface area contributed by atoms with Gasteiger partial charge < -0.3 is 25.0 Å². The summed E-state index contributed by atoms with van der Waals surface area (Å²) in [6.07, 6.45) is 0.0418. The van der Waals surface area contributed by atoms with Gasteiger partial charge in [-0.05, 0) is 36.4 Å². The van der Waals surface area contributed by atoms with Gasteiger partial charge in [0.15, 0.2) is 5.16 Å². The number of amides is 2. The average Bonchev–Trinajstić information content (AvgIpc) is 3.08. The molecular formula is C20H21N5O4S. The fraction of sp³-hybridized carbons (Fsp3) is 0.200. The number of aromatic nitrogens is 3. The van der Waals surface area contributed by atoms with Gasteiger partial charge in [0.2, 0.25) is 11.8 Å².